The maximum Gasteiger partial charge on any atom is 0.126 e. The van der Waals surface area contributed by atoms with E-state index in [0.29, 0.717) is 6.04 Å². The first kappa shape index (κ1) is 16.2. The van der Waals surface area contributed by atoms with E-state index < -0.39 is 6.10 Å². The SMILES string of the molecule is CCC1CCC(N(C)c2cccc(OC)c2C(C)O)CC1. The Morgan fingerprint density at radius 3 is 2.48 bits per heavy atom. The fraction of sp³-hybridized carbons (Fsp3) is 0.667. The van der Waals surface area contributed by atoms with Crippen molar-refractivity contribution >= 4 is 5.69 Å². The summed E-state index contributed by atoms with van der Waals surface area (Å²) in [5.74, 6) is 1.67. The Hall–Kier alpha value is -1.22. The molecule has 1 aromatic carbocycles. The molecule has 0 radical (unpaired) electrons. The highest BCUT2D eigenvalue weighted by Gasteiger charge is 2.26. The number of hydrogen-bond acceptors (Lipinski definition) is 3. The monoisotopic (exact) mass is 291 g/mol. The smallest absolute Gasteiger partial charge is 0.126 e. The largest absolute Gasteiger partial charge is 0.496 e. The van der Waals surface area contributed by atoms with E-state index in [0.717, 1.165) is 22.9 Å². The van der Waals surface area contributed by atoms with Gasteiger partial charge in [-0.1, -0.05) is 19.4 Å². The average molecular weight is 291 g/mol. The zero-order chi connectivity index (χ0) is 15.4. The van der Waals surface area contributed by atoms with Crippen LogP contribution in [0, 0.1) is 5.92 Å². The van der Waals surface area contributed by atoms with Gasteiger partial charge in [-0.2, -0.15) is 0 Å². The van der Waals surface area contributed by atoms with Gasteiger partial charge in [0.25, 0.3) is 0 Å². The van der Waals surface area contributed by atoms with Gasteiger partial charge in [-0.25, -0.2) is 0 Å². The van der Waals surface area contributed by atoms with Crippen LogP contribution in [0.15, 0.2) is 18.2 Å². The van der Waals surface area contributed by atoms with Crippen molar-refractivity contribution < 1.29 is 9.84 Å². The Balaban J connectivity index is 2.21. The van der Waals surface area contributed by atoms with E-state index in [1.165, 1.54) is 32.1 Å². The molecule has 1 aliphatic rings. The maximum atomic E-state index is 10.1. The Labute approximate surface area is 128 Å². The van der Waals surface area contributed by atoms with Gasteiger partial charge in [0.15, 0.2) is 0 Å². The lowest BCUT2D eigenvalue weighted by molar-refractivity contribution is 0.194. The average Bonchev–Trinajstić information content (AvgIpc) is 2.53. The number of hydrogen-bond donors (Lipinski definition) is 1. The minimum atomic E-state index is -0.523. The first-order valence-electron chi connectivity index (χ1n) is 8.16. The van der Waals surface area contributed by atoms with Gasteiger partial charge in [0.2, 0.25) is 0 Å². The normalized spacial score (nSPS) is 23.7. The number of rotatable bonds is 5. The van der Waals surface area contributed by atoms with Gasteiger partial charge in [0.05, 0.1) is 13.2 Å². The van der Waals surface area contributed by atoms with Crippen LogP contribution in [0.1, 0.15) is 57.6 Å². The van der Waals surface area contributed by atoms with Crippen molar-refractivity contribution in [2.24, 2.45) is 5.92 Å². The highest BCUT2D eigenvalue weighted by molar-refractivity contribution is 5.60. The molecule has 1 unspecified atom stereocenters. The number of aliphatic hydroxyl groups is 1. The zero-order valence-electron chi connectivity index (χ0n) is 13.8. The Kier molecular flexibility index (Phi) is 5.51. The predicted molar refractivity (Wildman–Crippen MR) is 88.1 cm³/mol. The molecule has 0 saturated heterocycles. The molecule has 3 heteroatoms. The molecule has 1 fully saturated rings. The summed E-state index contributed by atoms with van der Waals surface area (Å²) in [7, 11) is 3.81. The summed E-state index contributed by atoms with van der Waals surface area (Å²) >= 11 is 0. The van der Waals surface area contributed by atoms with E-state index in [4.69, 9.17) is 4.74 Å². The van der Waals surface area contributed by atoms with Gasteiger partial charge >= 0.3 is 0 Å². The van der Waals surface area contributed by atoms with Crippen molar-refractivity contribution in [3.8, 4) is 5.75 Å². The van der Waals surface area contributed by atoms with Crippen molar-refractivity contribution in [3.05, 3.63) is 23.8 Å². The first-order chi connectivity index (χ1) is 10.1. The van der Waals surface area contributed by atoms with Crippen LogP contribution in [0.3, 0.4) is 0 Å². The second-order valence-electron chi connectivity index (χ2n) is 6.26. The predicted octanol–water partition coefficient (Wildman–Crippen LogP) is 4.15. The van der Waals surface area contributed by atoms with Crippen molar-refractivity contribution in [2.45, 2.75) is 58.1 Å². The maximum absolute atomic E-state index is 10.1. The lowest BCUT2D eigenvalue weighted by atomic mass is 9.84. The third-order valence-corrected chi connectivity index (χ3v) is 5.00. The Morgan fingerprint density at radius 1 is 1.29 bits per heavy atom. The summed E-state index contributed by atoms with van der Waals surface area (Å²) in [6.07, 6.45) is 5.90. The van der Waals surface area contributed by atoms with Crippen LogP contribution in [-0.4, -0.2) is 25.3 Å². The van der Waals surface area contributed by atoms with Gasteiger partial charge in [0, 0.05) is 24.3 Å². The van der Waals surface area contributed by atoms with Gasteiger partial charge in [0.1, 0.15) is 5.75 Å². The van der Waals surface area contributed by atoms with Gasteiger partial charge in [-0.3, -0.25) is 0 Å². The second kappa shape index (κ2) is 7.17. The van der Waals surface area contributed by atoms with Crippen LogP contribution in [0.25, 0.3) is 0 Å². The third kappa shape index (κ3) is 3.52. The molecule has 1 N–H and O–H groups in total. The number of nitrogens with zero attached hydrogens (tertiary/aromatic N) is 1. The van der Waals surface area contributed by atoms with E-state index in [1.54, 1.807) is 7.11 Å². The summed E-state index contributed by atoms with van der Waals surface area (Å²) in [6, 6.07) is 6.59. The standard InChI is InChI=1S/C18H29NO2/c1-5-14-9-11-15(12-10-14)19(3)16-7-6-8-17(21-4)18(16)13(2)20/h6-8,13-15,20H,5,9-12H2,1-4H3. The lowest BCUT2D eigenvalue weighted by Gasteiger charge is -2.37. The number of methoxy groups -OCH3 is 1. The van der Waals surface area contributed by atoms with E-state index >= 15 is 0 Å². The van der Waals surface area contributed by atoms with Crippen LogP contribution in [0.5, 0.6) is 5.75 Å². The number of aliphatic hydroxyl groups excluding tert-OH is 1. The molecule has 0 spiro atoms. The molecule has 1 atom stereocenters. The molecular formula is C18H29NO2. The summed E-state index contributed by atoms with van der Waals surface area (Å²) < 4.78 is 5.43. The molecule has 0 aromatic heterocycles. The highest BCUT2D eigenvalue weighted by Crippen LogP contribution is 2.37. The molecule has 0 amide bonds. The zero-order valence-corrected chi connectivity index (χ0v) is 13.8. The topological polar surface area (TPSA) is 32.7 Å². The lowest BCUT2D eigenvalue weighted by Crippen LogP contribution is -2.35. The molecule has 0 heterocycles. The minimum Gasteiger partial charge on any atom is -0.496 e. The van der Waals surface area contributed by atoms with Crippen LogP contribution in [-0.2, 0) is 0 Å². The Morgan fingerprint density at radius 2 is 1.95 bits per heavy atom. The Bertz CT molecular complexity index is 451. The summed E-state index contributed by atoms with van der Waals surface area (Å²) in [4.78, 5) is 2.34. The van der Waals surface area contributed by atoms with E-state index in [2.05, 4.69) is 24.9 Å². The summed E-state index contributed by atoms with van der Waals surface area (Å²) in [6.45, 7) is 4.10. The van der Waals surface area contributed by atoms with E-state index in [-0.39, 0.29) is 0 Å². The molecule has 0 aliphatic heterocycles. The molecule has 1 aliphatic carbocycles. The molecule has 0 bridgehead atoms. The third-order valence-electron chi connectivity index (χ3n) is 5.00. The van der Waals surface area contributed by atoms with Crippen molar-refractivity contribution in [1.82, 2.24) is 0 Å². The summed E-state index contributed by atoms with van der Waals surface area (Å²) in [5, 5.41) is 10.1. The van der Waals surface area contributed by atoms with Crippen molar-refractivity contribution in [3.63, 3.8) is 0 Å². The number of ether oxygens (including phenoxy) is 1. The van der Waals surface area contributed by atoms with Crippen LogP contribution >= 0.6 is 0 Å². The fourth-order valence-electron chi connectivity index (χ4n) is 3.57. The number of anilines is 1. The van der Waals surface area contributed by atoms with Crippen LogP contribution < -0.4 is 9.64 Å². The molecule has 3 nitrogen and oxygen atoms in total. The van der Waals surface area contributed by atoms with E-state index in [1.807, 2.05) is 19.1 Å². The highest BCUT2D eigenvalue weighted by atomic mass is 16.5. The first-order valence-corrected chi connectivity index (χ1v) is 8.16. The molecule has 1 saturated carbocycles. The quantitative estimate of drug-likeness (QED) is 0.884. The molecule has 118 valence electrons. The fourth-order valence-corrected chi connectivity index (χ4v) is 3.57. The second-order valence-corrected chi connectivity index (χ2v) is 6.26. The summed E-state index contributed by atoms with van der Waals surface area (Å²) in [5.41, 5.74) is 2.00. The van der Waals surface area contributed by atoms with Gasteiger partial charge in [-0.05, 0) is 50.7 Å². The van der Waals surface area contributed by atoms with Gasteiger partial charge < -0.3 is 14.7 Å². The van der Waals surface area contributed by atoms with E-state index in [9.17, 15) is 5.11 Å². The minimum absolute atomic E-state index is 0.523. The van der Waals surface area contributed by atoms with Crippen molar-refractivity contribution in [1.29, 1.82) is 0 Å². The van der Waals surface area contributed by atoms with Crippen molar-refractivity contribution in [2.75, 3.05) is 19.1 Å². The molecule has 21 heavy (non-hydrogen) atoms. The molecular weight excluding hydrogens is 262 g/mol. The molecule has 1 aromatic rings. The van der Waals surface area contributed by atoms with Crippen LogP contribution in [0.2, 0.25) is 0 Å². The molecule has 2 rings (SSSR count). The van der Waals surface area contributed by atoms with Gasteiger partial charge in [-0.15, -0.1) is 0 Å². The van der Waals surface area contributed by atoms with Crippen LogP contribution in [0.4, 0.5) is 5.69 Å². The number of benzene rings is 1.